The van der Waals surface area contributed by atoms with Crippen molar-refractivity contribution in [2.24, 2.45) is 0 Å². The van der Waals surface area contributed by atoms with E-state index in [0.29, 0.717) is 5.92 Å². The highest BCUT2D eigenvalue weighted by Crippen LogP contribution is 2.34. The lowest BCUT2D eigenvalue weighted by molar-refractivity contribution is 0.232. The van der Waals surface area contributed by atoms with Crippen LogP contribution in [-0.2, 0) is 13.1 Å². The van der Waals surface area contributed by atoms with E-state index < -0.39 is 0 Å². The lowest BCUT2D eigenvalue weighted by Gasteiger charge is -2.35. The van der Waals surface area contributed by atoms with Gasteiger partial charge in [-0.15, -0.1) is 24.8 Å². The molecule has 0 aliphatic carbocycles. The summed E-state index contributed by atoms with van der Waals surface area (Å²) in [4.78, 5) is 2.51. The fraction of sp³-hybridized carbons (Fsp3) is 0.182. The van der Waals surface area contributed by atoms with Crippen molar-refractivity contribution < 1.29 is 0 Å². The van der Waals surface area contributed by atoms with Gasteiger partial charge in [-0.2, -0.15) is 0 Å². The highest BCUT2D eigenvalue weighted by atomic mass is 35.5. The molecule has 3 aromatic rings. The predicted octanol–water partition coefficient (Wildman–Crippen LogP) is 5.26. The third-order valence-corrected chi connectivity index (χ3v) is 4.92. The molecule has 136 valence electrons. The van der Waals surface area contributed by atoms with Crippen LogP contribution in [-0.4, -0.2) is 11.4 Å². The first-order valence-electron chi connectivity index (χ1n) is 8.50. The molecular weight excluding hydrogens is 363 g/mol. The van der Waals surface area contributed by atoms with Crippen LogP contribution in [0.25, 0.3) is 0 Å². The average Bonchev–Trinajstić information content (AvgIpc) is 2.64. The number of hydrogen-bond acceptors (Lipinski definition) is 2. The summed E-state index contributed by atoms with van der Waals surface area (Å²) in [7, 11) is 0. The molecule has 1 aliphatic heterocycles. The minimum Gasteiger partial charge on any atom is -0.398 e. The van der Waals surface area contributed by atoms with E-state index in [9.17, 15) is 0 Å². The number of nitrogens with zero attached hydrogens (tertiary/aromatic N) is 1. The van der Waals surface area contributed by atoms with Crippen molar-refractivity contribution in [1.29, 1.82) is 0 Å². The van der Waals surface area contributed by atoms with E-state index >= 15 is 0 Å². The van der Waals surface area contributed by atoms with Crippen LogP contribution in [0.5, 0.6) is 0 Å². The smallest absolute Gasteiger partial charge is 0.0359 e. The average molecular weight is 387 g/mol. The molecule has 26 heavy (non-hydrogen) atoms. The molecule has 0 radical (unpaired) electrons. The number of fused-ring (bicyclic) bond motifs is 1. The van der Waals surface area contributed by atoms with Crippen molar-refractivity contribution in [2.45, 2.75) is 19.0 Å². The highest BCUT2D eigenvalue weighted by Gasteiger charge is 2.26. The molecule has 3 aromatic carbocycles. The molecule has 0 amide bonds. The third kappa shape index (κ3) is 4.21. The lowest BCUT2D eigenvalue weighted by atomic mass is 9.84. The topological polar surface area (TPSA) is 29.3 Å². The van der Waals surface area contributed by atoms with Gasteiger partial charge in [0.2, 0.25) is 0 Å². The summed E-state index contributed by atoms with van der Waals surface area (Å²) >= 11 is 0. The number of nitrogens with two attached hydrogens (primary N) is 1. The van der Waals surface area contributed by atoms with Crippen LogP contribution in [0.1, 0.15) is 28.2 Å². The first-order valence-corrected chi connectivity index (χ1v) is 8.50. The van der Waals surface area contributed by atoms with E-state index in [1.165, 1.54) is 22.3 Å². The Labute approximate surface area is 167 Å². The zero-order valence-electron chi connectivity index (χ0n) is 14.5. The van der Waals surface area contributed by atoms with Crippen LogP contribution in [0.15, 0.2) is 78.9 Å². The van der Waals surface area contributed by atoms with Crippen molar-refractivity contribution in [3.63, 3.8) is 0 Å². The van der Waals surface area contributed by atoms with E-state index in [0.717, 1.165) is 25.3 Å². The van der Waals surface area contributed by atoms with E-state index in [1.807, 2.05) is 12.1 Å². The van der Waals surface area contributed by atoms with Gasteiger partial charge in [0, 0.05) is 31.2 Å². The summed E-state index contributed by atoms with van der Waals surface area (Å²) in [6, 6.07) is 27.8. The Morgan fingerprint density at radius 1 is 0.808 bits per heavy atom. The van der Waals surface area contributed by atoms with Gasteiger partial charge in [-0.25, -0.2) is 0 Å². The normalized spacial score (nSPS) is 16.1. The zero-order valence-corrected chi connectivity index (χ0v) is 16.2. The monoisotopic (exact) mass is 386 g/mol. The van der Waals surface area contributed by atoms with Crippen LogP contribution in [0.3, 0.4) is 0 Å². The molecular formula is C22H24Cl2N2. The van der Waals surface area contributed by atoms with Crippen molar-refractivity contribution >= 4 is 30.5 Å². The van der Waals surface area contributed by atoms with Crippen LogP contribution >= 0.6 is 24.8 Å². The lowest BCUT2D eigenvalue weighted by Crippen LogP contribution is -2.33. The fourth-order valence-electron chi connectivity index (χ4n) is 3.69. The molecule has 0 saturated heterocycles. The second kappa shape index (κ2) is 9.09. The molecule has 1 atom stereocenters. The second-order valence-corrected chi connectivity index (χ2v) is 6.53. The van der Waals surface area contributed by atoms with Gasteiger partial charge in [0.05, 0.1) is 0 Å². The van der Waals surface area contributed by atoms with Gasteiger partial charge >= 0.3 is 0 Å². The van der Waals surface area contributed by atoms with Crippen molar-refractivity contribution in [2.75, 3.05) is 12.3 Å². The Bertz CT molecular complexity index is 836. The minimum atomic E-state index is 0. The molecule has 4 heteroatoms. The molecule has 2 N–H and O–H groups in total. The maximum absolute atomic E-state index is 6.15. The first-order chi connectivity index (χ1) is 11.8. The molecule has 0 aromatic heterocycles. The largest absolute Gasteiger partial charge is 0.398 e. The Morgan fingerprint density at radius 2 is 1.46 bits per heavy atom. The van der Waals surface area contributed by atoms with Gasteiger partial charge in [0.15, 0.2) is 0 Å². The first kappa shape index (κ1) is 20.3. The summed E-state index contributed by atoms with van der Waals surface area (Å²) < 4.78 is 0. The highest BCUT2D eigenvalue weighted by molar-refractivity contribution is 5.85. The third-order valence-electron chi connectivity index (χ3n) is 4.92. The van der Waals surface area contributed by atoms with Gasteiger partial charge < -0.3 is 5.73 Å². The van der Waals surface area contributed by atoms with Crippen LogP contribution < -0.4 is 5.73 Å². The van der Waals surface area contributed by atoms with Crippen LogP contribution in [0.2, 0.25) is 0 Å². The number of hydrogen-bond donors (Lipinski definition) is 1. The molecule has 4 rings (SSSR count). The van der Waals surface area contributed by atoms with Crippen molar-refractivity contribution in [3.05, 3.63) is 101 Å². The van der Waals surface area contributed by atoms with Gasteiger partial charge in [-0.3, -0.25) is 4.90 Å². The summed E-state index contributed by atoms with van der Waals surface area (Å²) in [5.74, 6) is 0.418. The standard InChI is InChI=1S/C22H22N2.2ClH/c23-22-13-7-5-11-19(22)15-24-14-18-10-4-6-12-20(18)21(16-24)17-8-2-1-3-9-17;;/h1-13,21H,14-16,23H2;2*1H. The van der Waals surface area contributed by atoms with E-state index in [4.69, 9.17) is 5.73 Å². The van der Waals surface area contributed by atoms with Crippen LogP contribution in [0.4, 0.5) is 5.69 Å². The maximum Gasteiger partial charge on any atom is 0.0359 e. The Kier molecular flexibility index (Phi) is 7.10. The predicted molar refractivity (Wildman–Crippen MR) is 114 cm³/mol. The molecule has 0 saturated carbocycles. The fourth-order valence-corrected chi connectivity index (χ4v) is 3.69. The molecule has 0 spiro atoms. The summed E-state index contributed by atoms with van der Waals surface area (Å²) in [6.07, 6.45) is 0. The van der Waals surface area contributed by atoms with Crippen molar-refractivity contribution in [3.8, 4) is 0 Å². The second-order valence-electron chi connectivity index (χ2n) is 6.53. The van der Waals surface area contributed by atoms with Gasteiger partial charge in [-0.1, -0.05) is 72.8 Å². The SMILES string of the molecule is Cl.Cl.Nc1ccccc1CN1Cc2ccccc2C(c2ccccc2)C1. The van der Waals surface area contributed by atoms with E-state index in [-0.39, 0.29) is 24.8 Å². The molecule has 1 unspecified atom stereocenters. The van der Waals surface area contributed by atoms with E-state index in [1.54, 1.807) is 0 Å². The molecule has 2 nitrogen and oxygen atoms in total. The number of rotatable bonds is 3. The van der Waals surface area contributed by atoms with Crippen LogP contribution in [0, 0.1) is 0 Å². The maximum atomic E-state index is 6.15. The Hall–Kier alpha value is -2.00. The van der Waals surface area contributed by atoms with Gasteiger partial charge in [-0.05, 0) is 28.3 Å². The number of para-hydroxylation sites is 1. The van der Waals surface area contributed by atoms with E-state index in [2.05, 4.69) is 71.6 Å². The summed E-state index contributed by atoms with van der Waals surface area (Å²) in [5, 5.41) is 0. The quantitative estimate of drug-likeness (QED) is 0.621. The minimum absolute atomic E-state index is 0. The number of anilines is 1. The Morgan fingerprint density at radius 3 is 2.23 bits per heavy atom. The van der Waals surface area contributed by atoms with Gasteiger partial charge in [0.25, 0.3) is 0 Å². The van der Waals surface area contributed by atoms with Crippen molar-refractivity contribution in [1.82, 2.24) is 4.90 Å². The molecule has 1 aliphatic rings. The molecule has 0 fully saturated rings. The summed E-state index contributed by atoms with van der Waals surface area (Å²) in [5.41, 5.74) is 12.5. The summed E-state index contributed by atoms with van der Waals surface area (Å²) in [6.45, 7) is 2.90. The zero-order chi connectivity index (χ0) is 16.4. The molecule has 1 heterocycles. The number of nitrogen functional groups attached to an aromatic ring is 1. The molecule has 0 bridgehead atoms. The Balaban J connectivity index is 0.00000121. The van der Waals surface area contributed by atoms with Gasteiger partial charge in [0.1, 0.15) is 0 Å². The number of halogens is 2. The number of benzene rings is 3.